The quantitative estimate of drug-likeness (QED) is 0.630. The summed E-state index contributed by atoms with van der Waals surface area (Å²) in [4.78, 5) is 15.7. The minimum absolute atomic E-state index is 0.0261. The zero-order valence-corrected chi connectivity index (χ0v) is 10.2. The Morgan fingerprint density at radius 1 is 1.69 bits per heavy atom. The van der Waals surface area contributed by atoms with Crippen LogP contribution in [0.5, 0.6) is 0 Å². The van der Waals surface area contributed by atoms with Crippen LogP contribution >= 0.6 is 34.2 Å². The lowest BCUT2D eigenvalue weighted by atomic mass is 10.4. The summed E-state index contributed by atoms with van der Waals surface area (Å²) in [6.07, 6.45) is 2.39. The van der Waals surface area contributed by atoms with E-state index in [0.29, 0.717) is 16.0 Å². The van der Waals surface area contributed by atoms with Crippen LogP contribution in [0.25, 0.3) is 0 Å². The zero-order valence-electron chi connectivity index (χ0n) is 7.26. The average molecular weight is 313 g/mol. The third kappa shape index (κ3) is 2.67. The predicted octanol–water partition coefficient (Wildman–Crippen LogP) is 1.79. The maximum Gasteiger partial charge on any atom is 0.266 e. The summed E-state index contributed by atoms with van der Waals surface area (Å²) in [5.74, 6) is 1.31. The third-order valence-corrected chi connectivity index (χ3v) is 2.73. The van der Waals surface area contributed by atoms with Gasteiger partial charge in [0.25, 0.3) is 5.56 Å². The van der Waals surface area contributed by atoms with Crippen molar-refractivity contribution in [1.29, 1.82) is 0 Å². The highest BCUT2D eigenvalue weighted by atomic mass is 127. The van der Waals surface area contributed by atoms with Crippen molar-refractivity contribution >= 4 is 34.2 Å². The monoisotopic (exact) mass is 312 g/mol. The first-order chi connectivity index (χ1) is 6.16. The van der Waals surface area contributed by atoms with Crippen LogP contribution in [0.2, 0.25) is 0 Å². The molecule has 0 aliphatic rings. The van der Waals surface area contributed by atoms with Gasteiger partial charge in [-0.05, 0) is 35.9 Å². The first kappa shape index (κ1) is 11.0. The molecular weight excluding hydrogens is 302 g/mol. The van der Waals surface area contributed by atoms with Gasteiger partial charge in [0, 0.05) is 18.6 Å². The van der Waals surface area contributed by atoms with Crippen molar-refractivity contribution in [3.63, 3.8) is 0 Å². The van der Waals surface area contributed by atoms with Gasteiger partial charge in [-0.2, -0.15) is 0 Å². The number of hydrogen-bond acceptors (Lipinski definition) is 2. The lowest BCUT2D eigenvalue weighted by Crippen LogP contribution is -2.25. The molecule has 0 aliphatic carbocycles. The Kier molecular flexibility index (Phi) is 4.18. The molecular formula is C8H10ClIN2O. The first-order valence-corrected chi connectivity index (χ1v) is 5.56. The number of hydrogen-bond donors (Lipinski definition) is 0. The molecule has 0 fully saturated rings. The SMILES string of the molecule is Cc1ncc(I)c(=O)n1CCCCl. The Hall–Kier alpha value is -0.100. The summed E-state index contributed by atoms with van der Waals surface area (Å²) >= 11 is 7.55. The molecule has 0 aromatic carbocycles. The molecule has 13 heavy (non-hydrogen) atoms. The molecule has 3 nitrogen and oxygen atoms in total. The smallest absolute Gasteiger partial charge is 0.266 e. The van der Waals surface area contributed by atoms with Crippen LogP contribution in [0, 0.1) is 10.5 Å². The number of aryl methyl sites for hydroxylation is 1. The van der Waals surface area contributed by atoms with Gasteiger partial charge < -0.3 is 0 Å². The molecule has 0 bridgehead atoms. The Morgan fingerprint density at radius 3 is 3.00 bits per heavy atom. The molecule has 0 saturated heterocycles. The molecule has 1 aromatic rings. The summed E-state index contributed by atoms with van der Waals surface area (Å²) < 4.78 is 2.31. The second-order valence-electron chi connectivity index (χ2n) is 2.65. The van der Waals surface area contributed by atoms with Crippen molar-refractivity contribution < 1.29 is 0 Å². The van der Waals surface area contributed by atoms with E-state index in [1.807, 2.05) is 29.5 Å². The van der Waals surface area contributed by atoms with Crippen LogP contribution in [0.15, 0.2) is 11.0 Å². The van der Waals surface area contributed by atoms with Gasteiger partial charge in [-0.3, -0.25) is 9.36 Å². The van der Waals surface area contributed by atoms with E-state index in [1.165, 1.54) is 0 Å². The summed E-state index contributed by atoms with van der Waals surface area (Å²) in [5.41, 5.74) is 0.0261. The van der Waals surface area contributed by atoms with Crippen molar-refractivity contribution in [2.45, 2.75) is 19.9 Å². The lowest BCUT2D eigenvalue weighted by molar-refractivity contribution is 0.616. The Labute approximate surface area is 95.3 Å². The molecule has 72 valence electrons. The number of aromatic nitrogens is 2. The largest absolute Gasteiger partial charge is 0.296 e. The normalized spacial score (nSPS) is 10.4. The minimum Gasteiger partial charge on any atom is -0.296 e. The Bertz CT molecular complexity index is 350. The fraction of sp³-hybridized carbons (Fsp3) is 0.500. The minimum atomic E-state index is 0.0261. The molecule has 1 aromatic heterocycles. The van der Waals surface area contributed by atoms with Crippen LogP contribution in [0.3, 0.4) is 0 Å². The summed E-state index contributed by atoms with van der Waals surface area (Å²) in [6.45, 7) is 2.48. The molecule has 0 atom stereocenters. The van der Waals surface area contributed by atoms with Crippen LogP contribution < -0.4 is 5.56 Å². The van der Waals surface area contributed by atoms with E-state index in [2.05, 4.69) is 4.98 Å². The molecule has 5 heteroatoms. The number of rotatable bonds is 3. The molecule has 0 radical (unpaired) electrons. The zero-order chi connectivity index (χ0) is 9.84. The van der Waals surface area contributed by atoms with E-state index in [0.717, 1.165) is 12.2 Å². The second-order valence-corrected chi connectivity index (χ2v) is 4.19. The van der Waals surface area contributed by atoms with E-state index < -0.39 is 0 Å². The maximum absolute atomic E-state index is 11.6. The van der Waals surface area contributed by atoms with Crippen molar-refractivity contribution in [2.75, 3.05) is 5.88 Å². The van der Waals surface area contributed by atoms with Crippen LogP contribution in [0.4, 0.5) is 0 Å². The van der Waals surface area contributed by atoms with E-state index in [4.69, 9.17) is 11.6 Å². The second kappa shape index (κ2) is 4.95. The van der Waals surface area contributed by atoms with Crippen molar-refractivity contribution in [2.24, 2.45) is 0 Å². The molecule has 1 heterocycles. The summed E-state index contributed by atoms with van der Waals surface area (Å²) in [7, 11) is 0. The van der Waals surface area contributed by atoms with Gasteiger partial charge in [-0.25, -0.2) is 4.98 Å². The number of alkyl halides is 1. The van der Waals surface area contributed by atoms with Gasteiger partial charge in [0.15, 0.2) is 0 Å². The van der Waals surface area contributed by atoms with Crippen molar-refractivity contribution in [3.05, 3.63) is 25.9 Å². The average Bonchev–Trinajstić information content (AvgIpc) is 2.12. The van der Waals surface area contributed by atoms with Crippen LogP contribution in [0.1, 0.15) is 12.2 Å². The van der Waals surface area contributed by atoms with Crippen LogP contribution in [-0.2, 0) is 6.54 Å². The molecule has 0 N–H and O–H groups in total. The number of nitrogens with zero attached hydrogens (tertiary/aromatic N) is 2. The fourth-order valence-electron chi connectivity index (χ4n) is 1.03. The molecule has 0 unspecified atom stereocenters. The Morgan fingerprint density at radius 2 is 2.38 bits per heavy atom. The van der Waals surface area contributed by atoms with Crippen molar-refractivity contribution in [3.8, 4) is 0 Å². The highest BCUT2D eigenvalue weighted by Crippen LogP contribution is 1.99. The van der Waals surface area contributed by atoms with Crippen molar-refractivity contribution in [1.82, 2.24) is 9.55 Å². The molecule has 0 saturated carbocycles. The van der Waals surface area contributed by atoms with E-state index in [-0.39, 0.29) is 5.56 Å². The molecule has 0 spiro atoms. The lowest BCUT2D eigenvalue weighted by Gasteiger charge is -2.07. The van der Waals surface area contributed by atoms with Gasteiger partial charge in [0.2, 0.25) is 0 Å². The highest BCUT2D eigenvalue weighted by molar-refractivity contribution is 14.1. The van der Waals surface area contributed by atoms with Gasteiger partial charge in [0.1, 0.15) is 5.82 Å². The third-order valence-electron chi connectivity index (χ3n) is 1.72. The summed E-state index contributed by atoms with van der Waals surface area (Å²) in [5, 5.41) is 0. The van der Waals surface area contributed by atoms with E-state index >= 15 is 0 Å². The van der Waals surface area contributed by atoms with E-state index in [1.54, 1.807) is 10.8 Å². The molecule has 0 amide bonds. The molecule has 1 rings (SSSR count). The van der Waals surface area contributed by atoms with Gasteiger partial charge in [-0.15, -0.1) is 11.6 Å². The highest BCUT2D eigenvalue weighted by Gasteiger charge is 2.03. The number of halogens is 2. The first-order valence-electron chi connectivity index (χ1n) is 3.94. The standard InChI is InChI=1S/C8H10ClIN2O/c1-6-11-5-7(10)8(13)12(6)4-2-3-9/h5H,2-4H2,1H3. The van der Waals surface area contributed by atoms with Gasteiger partial charge in [0.05, 0.1) is 3.57 Å². The van der Waals surface area contributed by atoms with Gasteiger partial charge in [-0.1, -0.05) is 0 Å². The maximum atomic E-state index is 11.6. The Balaban J connectivity index is 3.03. The van der Waals surface area contributed by atoms with E-state index in [9.17, 15) is 4.79 Å². The fourth-order valence-corrected chi connectivity index (χ4v) is 1.58. The topological polar surface area (TPSA) is 34.9 Å². The van der Waals surface area contributed by atoms with Gasteiger partial charge >= 0.3 is 0 Å². The molecule has 0 aliphatic heterocycles. The summed E-state index contributed by atoms with van der Waals surface area (Å²) in [6, 6.07) is 0. The van der Waals surface area contributed by atoms with Crippen LogP contribution in [-0.4, -0.2) is 15.4 Å². The predicted molar refractivity (Wildman–Crippen MR) is 61.3 cm³/mol.